The fourth-order valence-corrected chi connectivity index (χ4v) is 1.99. The van der Waals surface area contributed by atoms with E-state index in [0.717, 1.165) is 19.2 Å². The van der Waals surface area contributed by atoms with Crippen LogP contribution in [-0.2, 0) is 0 Å². The van der Waals surface area contributed by atoms with Crippen LogP contribution in [0.2, 0.25) is 0 Å². The Morgan fingerprint density at radius 3 is 1.78 bits per heavy atom. The van der Waals surface area contributed by atoms with Gasteiger partial charge in [0.2, 0.25) is 0 Å². The van der Waals surface area contributed by atoms with Gasteiger partial charge in [-0.2, -0.15) is 0 Å². The van der Waals surface area contributed by atoms with E-state index in [0.29, 0.717) is 0 Å². The standard InChI is InChI=1S/C5H4Br3N/c1-2-3(6)4(7)5(8)9-2/h9H,1H3. The second-order valence-corrected chi connectivity index (χ2v) is 4.07. The Morgan fingerprint density at radius 2 is 1.67 bits per heavy atom. The minimum Gasteiger partial charge on any atom is -0.351 e. The van der Waals surface area contributed by atoms with Gasteiger partial charge in [-0.05, 0) is 54.7 Å². The number of aryl methyl sites for hydroxylation is 1. The van der Waals surface area contributed by atoms with Crippen LogP contribution >= 0.6 is 47.8 Å². The monoisotopic (exact) mass is 315 g/mol. The average Bonchev–Trinajstić information content (AvgIpc) is 1.98. The third-order valence-electron chi connectivity index (χ3n) is 1.01. The smallest absolute Gasteiger partial charge is 0.0978 e. The van der Waals surface area contributed by atoms with E-state index in [2.05, 4.69) is 52.8 Å². The van der Waals surface area contributed by atoms with Gasteiger partial charge in [-0.25, -0.2) is 0 Å². The Labute approximate surface area is 78.6 Å². The quantitative estimate of drug-likeness (QED) is 0.752. The number of rotatable bonds is 0. The van der Waals surface area contributed by atoms with E-state index in [-0.39, 0.29) is 0 Å². The topological polar surface area (TPSA) is 15.8 Å². The van der Waals surface area contributed by atoms with Crippen molar-refractivity contribution in [3.05, 3.63) is 19.2 Å². The van der Waals surface area contributed by atoms with Gasteiger partial charge >= 0.3 is 0 Å². The van der Waals surface area contributed by atoms with E-state index in [1.54, 1.807) is 0 Å². The predicted octanol–water partition coefficient (Wildman–Crippen LogP) is 3.61. The van der Waals surface area contributed by atoms with Gasteiger partial charge in [0.1, 0.15) is 0 Å². The van der Waals surface area contributed by atoms with Crippen molar-refractivity contribution in [2.24, 2.45) is 0 Å². The van der Waals surface area contributed by atoms with Crippen LogP contribution in [0, 0.1) is 6.92 Å². The van der Waals surface area contributed by atoms with Crippen molar-refractivity contribution in [2.45, 2.75) is 6.92 Å². The van der Waals surface area contributed by atoms with E-state index >= 15 is 0 Å². The predicted molar refractivity (Wildman–Crippen MR) is 48.6 cm³/mol. The minimum atomic E-state index is 0.979. The third-order valence-corrected chi connectivity index (χ3v) is 4.46. The molecule has 0 aliphatic carbocycles. The molecule has 50 valence electrons. The minimum absolute atomic E-state index is 0.979. The third kappa shape index (κ3) is 1.41. The van der Waals surface area contributed by atoms with Crippen LogP contribution < -0.4 is 0 Å². The normalized spacial score (nSPS) is 10.2. The maximum absolute atomic E-state index is 3.39. The molecule has 0 saturated carbocycles. The van der Waals surface area contributed by atoms with E-state index in [1.807, 2.05) is 6.92 Å². The van der Waals surface area contributed by atoms with E-state index in [1.165, 1.54) is 0 Å². The molecule has 0 atom stereocenters. The number of hydrogen-bond acceptors (Lipinski definition) is 0. The maximum Gasteiger partial charge on any atom is 0.0978 e. The number of aromatic nitrogens is 1. The Balaban J connectivity index is 3.29. The van der Waals surface area contributed by atoms with Crippen LogP contribution in [0.1, 0.15) is 5.69 Å². The van der Waals surface area contributed by atoms with Gasteiger partial charge < -0.3 is 4.98 Å². The van der Waals surface area contributed by atoms with Gasteiger partial charge in [0.05, 0.1) is 13.5 Å². The second-order valence-electron chi connectivity index (χ2n) is 1.69. The lowest BCUT2D eigenvalue weighted by molar-refractivity contribution is 1.23. The van der Waals surface area contributed by atoms with E-state index in [4.69, 9.17) is 0 Å². The molecule has 0 aliphatic heterocycles. The highest BCUT2D eigenvalue weighted by atomic mass is 79.9. The van der Waals surface area contributed by atoms with Gasteiger partial charge in [0.25, 0.3) is 0 Å². The lowest BCUT2D eigenvalue weighted by Gasteiger charge is -1.82. The molecule has 1 nitrogen and oxygen atoms in total. The fraction of sp³-hybridized carbons (Fsp3) is 0.200. The zero-order valence-electron chi connectivity index (χ0n) is 4.63. The summed E-state index contributed by atoms with van der Waals surface area (Å²) in [5, 5.41) is 0. The molecule has 0 aromatic carbocycles. The summed E-state index contributed by atoms with van der Waals surface area (Å²) in [5.74, 6) is 0. The molecule has 0 unspecified atom stereocenters. The zero-order valence-corrected chi connectivity index (χ0v) is 9.39. The average molecular weight is 318 g/mol. The van der Waals surface area contributed by atoms with Gasteiger partial charge in [-0.3, -0.25) is 0 Å². The molecule has 1 aromatic rings. The Hall–Kier alpha value is 0.720. The van der Waals surface area contributed by atoms with Crippen LogP contribution in [0.5, 0.6) is 0 Å². The van der Waals surface area contributed by atoms with Gasteiger partial charge in [0.15, 0.2) is 0 Å². The SMILES string of the molecule is Cc1[nH]c(Br)c(Br)c1Br. The molecular formula is C5H4Br3N. The van der Waals surface area contributed by atoms with Crippen LogP contribution in [0.3, 0.4) is 0 Å². The summed E-state index contributed by atoms with van der Waals surface area (Å²) in [6.45, 7) is 2.00. The molecule has 1 aromatic heterocycles. The molecule has 0 spiro atoms. The first-order valence-corrected chi connectivity index (χ1v) is 4.70. The molecule has 1 heterocycles. The number of hydrogen-bond donors (Lipinski definition) is 1. The maximum atomic E-state index is 3.39. The summed E-state index contributed by atoms with van der Waals surface area (Å²) in [5.41, 5.74) is 1.12. The number of halogens is 3. The molecular weight excluding hydrogens is 314 g/mol. The highest BCUT2D eigenvalue weighted by Crippen LogP contribution is 2.32. The molecule has 0 radical (unpaired) electrons. The molecule has 9 heavy (non-hydrogen) atoms. The highest BCUT2D eigenvalue weighted by Gasteiger charge is 2.06. The van der Waals surface area contributed by atoms with Crippen molar-refractivity contribution in [1.82, 2.24) is 4.98 Å². The van der Waals surface area contributed by atoms with Crippen LogP contribution in [0.15, 0.2) is 13.5 Å². The number of nitrogens with one attached hydrogen (secondary N) is 1. The molecule has 1 N–H and O–H groups in total. The van der Waals surface area contributed by atoms with Crippen LogP contribution in [0.4, 0.5) is 0 Å². The number of aromatic amines is 1. The molecule has 1 rings (SSSR count). The summed E-state index contributed by atoms with van der Waals surface area (Å²) in [7, 11) is 0. The van der Waals surface area contributed by atoms with Gasteiger partial charge in [-0.1, -0.05) is 0 Å². The molecule has 0 aliphatic rings. The summed E-state index contributed by atoms with van der Waals surface area (Å²) in [6, 6.07) is 0. The van der Waals surface area contributed by atoms with Crippen molar-refractivity contribution < 1.29 is 0 Å². The highest BCUT2D eigenvalue weighted by molar-refractivity contribution is 9.14. The Kier molecular flexibility index (Phi) is 2.40. The van der Waals surface area contributed by atoms with Gasteiger partial charge in [0, 0.05) is 5.69 Å². The van der Waals surface area contributed by atoms with E-state index in [9.17, 15) is 0 Å². The molecule has 0 amide bonds. The van der Waals surface area contributed by atoms with Crippen molar-refractivity contribution in [2.75, 3.05) is 0 Å². The van der Waals surface area contributed by atoms with Crippen LogP contribution in [-0.4, -0.2) is 4.98 Å². The fourth-order valence-electron chi connectivity index (χ4n) is 0.535. The first-order valence-electron chi connectivity index (χ1n) is 2.32. The summed E-state index contributed by atoms with van der Waals surface area (Å²) < 4.78 is 3.10. The first-order chi connectivity index (χ1) is 4.13. The molecule has 4 heteroatoms. The Bertz CT molecular complexity index is 206. The molecule has 0 saturated heterocycles. The van der Waals surface area contributed by atoms with E-state index < -0.39 is 0 Å². The molecule has 0 bridgehead atoms. The van der Waals surface area contributed by atoms with Crippen molar-refractivity contribution >= 4 is 47.8 Å². The first kappa shape index (κ1) is 7.82. The van der Waals surface area contributed by atoms with Crippen molar-refractivity contribution in [1.29, 1.82) is 0 Å². The summed E-state index contributed by atoms with van der Waals surface area (Å²) in [6.07, 6.45) is 0. The van der Waals surface area contributed by atoms with Crippen molar-refractivity contribution in [3.8, 4) is 0 Å². The lowest BCUT2D eigenvalue weighted by atomic mass is 10.5. The molecule has 0 fully saturated rings. The second kappa shape index (κ2) is 2.76. The zero-order chi connectivity index (χ0) is 7.02. The van der Waals surface area contributed by atoms with Crippen molar-refractivity contribution in [3.63, 3.8) is 0 Å². The summed E-state index contributed by atoms with van der Waals surface area (Å²) in [4.78, 5) is 3.10. The van der Waals surface area contributed by atoms with Gasteiger partial charge in [-0.15, -0.1) is 0 Å². The van der Waals surface area contributed by atoms with Crippen LogP contribution in [0.25, 0.3) is 0 Å². The largest absolute Gasteiger partial charge is 0.351 e. The number of H-pyrrole nitrogens is 1. The Morgan fingerprint density at radius 1 is 1.11 bits per heavy atom. The summed E-state index contributed by atoms with van der Waals surface area (Å²) >= 11 is 10.1. The lowest BCUT2D eigenvalue weighted by Crippen LogP contribution is -1.66.